The minimum atomic E-state index is 0.357. The molecule has 0 saturated carbocycles. The zero-order valence-electron chi connectivity index (χ0n) is 7.44. The SMILES string of the molecule is Oc1cccc(N2CCSCC2)c1. The van der Waals surface area contributed by atoms with Gasteiger partial charge in [0.15, 0.2) is 0 Å². The third-order valence-electron chi connectivity index (χ3n) is 2.21. The van der Waals surface area contributed by atoms with Crippen LogP contribution in [0.5, 0.6) is 5.75 Å². The Bertz CT molecular complexity index is 284. The van der Waals surface area contributed by atoms with Gasteiger partial charge in [0.25, 0.3) is 0 Å². The Balaban J connectivity index is 2.14. The maximum absolute atomic E-state index is 9.31. The van der Waals surface area contributed by atoms with Crippen molar-refractivity contribution in [3.05, 3.63) is 24.3 Å². The predicted molar refractivity (Wildman–Crippen MR) is 57.6 cm³/mol. The number of thioether (sulfide) groups is 1. The highest BCUT2D eigenvalue weighted by Gasteiger charge is 2.10. The van der Waals surface area contributed by atoms with Gasteiger partial charge in [-0.25, -0.2) is 0 Å². The Morgan fingerprint density at radius 2 is 2.00 bits per heavy atom. The molecule has 0 bridgehead atoms. The van der Waals surface area contributed by atoms with Gasteiger partial charge in [0.1, 0.15) is 5.75 Å². The normalized spacial score (nSPS) is 17.4. The maximum atomic E-state index is 9.31. The first kappa shape index (κ1) is 8.75. The minimum Gasteiger partial charge on any atom is -0.508 e. The van der Waals surface area contributed by atoms with E-state index >= 15 is 0 Å². The van der Waals surface area contributed by atoms with Gasteiger partial charge in [0.05, 0.1) is 0 Å². The number of nitrogens with zero attached hydrogens (tertiary/aromatic N) is 1. The Morgan fingerprint density at radius 3 is 2.69 bits per heavy atom. The molecule has 70 valence electrons. The van der Waals surface area contributed by atoms with E-state index in [1.165, 1.54) is 11.5 Å². The van der Waals surface area contributed by atoms with Gasteiger partial charge >= 0.3 is 0 Å². The Labute approximate surface area is 82.6 Å². The molecule has 1 aromatic rings. The minimum absolute atomic E-state index is 0.357. The van der Waals surface area contributed by atoms with Gasteiger partial charge in [-0.15, -0.1) is 0 Å². The van der Waals surface area contributed by atoms with Gasteiger partial charge in [0.2, 0.25) is 0 Å². The number of rotatable bonds is 1. The van der Waals surface area contributed by atoms with Crippen LogP contribution < -0.4 is 4.90 Å². The lowest BCUT2D eigenvalue weighted by Crippen LogP contribution is -2.32. The molecule has 2 rings (SSSR count). The van der Waals surface area contributed by atoms with E-state index in [0.717, 1.165) is 18.8 Å². The molecule has 0 radical (unpaired) electrons. The molecule has 0 unspecified atom stereocenters. The van der Waals surface area contributed by atoms with Crippen molar-refractivity contribution < 1.29 is 5.11 Å². The highest BCUT2D eigenvalue weighted by molar-refractivity contribution is 7.99. The Morgan fingerprint density at radius 1 is 1.23 bits per heavy atom. The van der Waals surface area contributed by atoms with Gasteiger partial charge in [-0.3, -0.25) is 0 Å². The lowest BCUT2D eigenvalue weighted by atomic mass is 10.2. The summed E-state index contributed by atoms with van der Waals surface area (Å²) in [5, 5.41) is 9.31. The molecular formula is C10H13NOS. The highest BCUT2D eigenvalue weighted by Crippen LogP contribution is 2.22. The molecular weight excluding hydrogens is 182 g/mol. The molecule has 1 aromatic carbocycles. The molecule has 0 aromatic heterocycles. The third-order valence-corrected chi connectivity index (χ3v) is 3.15. The van der Waals surface area contributed by atoms with E-state index in [1.54, 1.807) is 6.07 Å². The molecule has 0 atom stereocenters. The van der Waals surface area contributed by atoms with Crippen LogP contribution >= 0.6 is 11.8 Å². The number of benzene rings is 1. The van der Waals surface area contributed by atoms with Crippen LogP contribution in [-0.4, -0.2) is 29.7 Å². The number of hydrogen-bond acceptors (Lipinski definition) is 3. The van der Waals surface area contributed by atoms with Crippen LogP contribution in [0, 0.1) is 0 Å². The summed E-state index contributed by atoms with van der Waals surface area (Å²) in [6, 6.07) is 7.49. The first-order chi connectivity index (χ1) is 6.36. The molecule has 13 heavy (non-hydrogen) atoms. The molecule has 1 aliphatic rings. The third kappa shape index (κ3) is 2.10. The summed E-state index contributed by atoms with van der Waals surface area (Å²) in [7, 11) is 0. The lowest BCUT2D eigenvalue weighted by Gasteiger charge is -2.28. The molecule has 1 N–H and O–H groups in total. The fourth-order valence-electron chi connectivity index (χ4n) is 1.51. The summed E-state index contributed by atoms with van der Waals surface area (Å²) in [6.45, 7) is 2.18. The molecule has 1 heterocycles. The lowest BCUT2D eigenvalue weighted by molar-refractivity contribution is 0.475. The second-order valence-electron chi connectivity index (χ2n) is 3.12. The van der Waals surface area contributed by atoms with Crippen molar-refractivity contribution in [3.8, 4) is 5.75 Å². The van der Waals surface area contributed by atoms with Crippen LogP contribution in [0.2, 0.25) is 0 Å². The monoisotopic (exact) mass is 195 g/mol. The Kier molecular flexibility index (Phi) is 2.64. The maximum Gasteiger partial charge on any atom is 0.117 e. The van der Waals surface area contributed by atoms with E-state index in [2.05, 4.69) is 11.0 Å². The van der Waals surface area contributed by atoms with E-state index in [0.29, 0.717) is 5.75 Å². The van der Waals surface area contributed by atoms with Gasteiger partial charge in [-0.1, -0.05) is 6.07 Å². The van der Waals surface area contributed by atoms with Crippen LogP contribution in [0.25, 0.3) is 0 Å². The van der Waals surface area contributed by atoms with Crippen LogP contribution in [0.3, 0.4) is 0 Å². The smallest absolute Gasteiger partial charge is 0.117 e. The number of hydrogen-bond donors (Lipinski definition) is 1. The second-order valence-corrected chi connectivity index (χ2v) is 4.34. The van der Waals surface area contributed by atoms with Gasteiger partial charge in [-0.2, -0.15) is 11.8 Å². The van der Waals surface area contributed by atoms with Crippen molar-refractivity contribution in [2.75, 3.05) is 29.5 Å². The van der Waals surface area contributed by atoms with Crippen LogP contribution in [0.1, 0.15) is 0 Å². The number of anilines is 1. The second kappa shape index (κ2) is 3.92. The molecule has 0 aliphatic carbocycles. The van der Waals surface area contributed by atoms with E-state index in [9.17, 15) is 5.11 Å². The number of phenols is 1. The summed E-state index contributed by atoms with van der Waals surface area (Å²) < 4.78 is 0. The summed E-state index contributed by atoms with van der Waals surface area (Å²) in [5.74, 6) is 2.74. The van der Waals surface area contributed by atoms with Crippen LogP contribution in [-0.2, 0) is 0 Å². The predicted octanol–water partition coefficient (Wildman–Crippen LogP) is 1.95. The van der Waals surface area contributed by atoms with Crippen molar-refractivity contribution in [3.63, 3.8) is 0 Å². The summed E-state index contributed by atoms with van der Waals surface area (Å²) in [5.41, 5.74) is 1.14. The number of phenolic OH excluding ortho intramolecular Hbond substituents is 1. The average Bonchev–Trinajstić information content (AvgIpc) is 2.19. The largest absolute Gasteiger partial charge is 0.508 e. The summed E-state index contributed by atoms with van der Waals surface area (Å²) in [6.07, 6.45) is 0. The molecule has 1 aliphatic heterocycles. The average molecular weight is 195 g/mol. The van der Waals surface area contributed by atoms with E-state index < -0.39 is 0 Å². The topological polar surface area (TPSA) is 23.5 Å². The first-order valence-electron chi connectivity index (χ1n) is 4.48. The fraction of sp³-hybridized carbons (Fsp3) is 0.400. The zero-order valence-corrected chi connectivity index (χ0v) is 8.26. The quantitative estimate of drug-likeness (QED) is 0.741. The van der Waals surface area contributed by atoms with Crippen molar-refractivity contribution in [1.29, 1.82) is 0 Å². The van der Waals surface area contributed by atoms with Gasteiger partial charge in [0, 0.05) is 36.3 Å². The van der Waals surface area contributed by atoms with E-state index in [-0.39, 0.29) is 0 Å². The van der Waals surface area contributed by atoms with Crippen molar-refractivity contribution >= 4 is 17.4 Å². The van der Waals surface area contributed by atoms with Crippen molar-refractivity contribution in [1.82, 2.24) is 0 Å². The molecule has 3 heteroatoms. The van der Waals surface area contributed by atoms with Crippen LogP contribution in [0.4, 0.5) is 5.69 Å². The van der Waals surface area contributed by atoms with Gasteiger partial charge < -0.3 is 10.0 Å². The first-order valence-corrected chi connectivity index (χ1v) is 5.63. The summed E-state index contributed by atoms with van der Waals surface area (Å²) in [4.78, 5) is 2.32. The molecule has 1 fully saturated rings. The molecule has 0 spiro atoms. The van der Waals surface area contributed by atoms with Gasteiger partial charge in [-0.05, 0) is 12.1 Å². The van der Waals surface area contributed by atoms with Crippen molar-refractivity contribution in [2.45, 2.75) is 0 Å². The fourth-order valence-corrected chi connectivity index (χ4v) is 2.41. The van der Waals surface area contributed by atoms with Crippen molar-refractivity contribution in [2.24, 2.45) is 0 Å². The van der Waals surface area contributed by atoms with E-state index in [1.807, 2.05) is 23.9 Å². The number of aromatic hydroxyl groups is 1. The zero-order chi connectivity index (χ0) is 9.10. The molecule has 2 nitrogen and oxygen atoms in total. The molecule has 1 saturated heterocycles. The molecule has 0 amide bonds. The Hall–Kier alpha value is -0.830. The standard InChI is InChI=1S/C10H13NOS/c12-10-3-1-2-9(8-10)11-4-6-13-7-5-11/h1-3,8,12H,4-7H2. The highest BCUT2D eigenvalue weighted by atomic mass is 32.2. The van der Waals surface area contributed by atoms with Crippen LogP contribution in [0.15, 0.2) is 24.3 Å². The van der Waals surface area contributed by atoms with E-state index in [4.69, 9.17) is 0 Å². The summed E-state index contributed by atoms with van der Waals surface area (Å²) >= 11 is 1.99.